The molecule has 0 aliphatic rings. The minimum absolute atomic E-state index is 0.196. The van der Waals surface area contributed by atoms with Crippen LogP contribution in [0.25, 0.3) is 0 Å². The zero-order valence-corrected chi connectivity index (χ0v) is 17.2. The molecule has 1 heterocycles. The van der Waals surface area contributed by atoms with Crippen molar-refractivity contribution < 1.29 is 18.4 Å². The maximum Gasteiger partial charge on any atom is 0.316 e. The molecule has 1 aromatic heterocycles. The van der Waals surface area contributed by atoms with Gasteiger partial charge in [-0.3, -0.25) is 9.55 Å². The molecule has 7 heteroatoms. The quantitative estimate of drug-likeness (QED) is 0.357. The molecule has 154 valence electrons. The topological polar surface area (TPSA) is 71.5 Å². The van der Waals surface area contributed by atoms with E-state index in [1.807, 2.05) is 6.07 Å². The summed E-state index contributed by atoms with van der Waals surface area (Å²) in [6.45, 7) is 1.31. The highest BCUT2D eigenvalue weighted by atomic mass is 31.1. The van der Waals surface area contributed by atoms with E-state index >= 15 is 0 Å². The van der Waals surface area contributed by atoms with E-state index in [4.69, 9.17) is 4.89 Å². The monoisotopic (exact) mass is 408 g/mol. The van der Waals surface area contributed by atoms with Gasteiger partial charge in [-0.05, 0) is 50.3 Å². The Morgan fingerprint density at radius 1 is 1.07 bits per heavy atom. The molecule has 0 fully saturated rings. The molecule has 0 radical (unpaired) electrons. The summed E-state index contributed by atoms with van der Waals surface area (Å²) >= 11 is 0. The first-order valence-electron chi connectivity index (χ1n) is 9.89. The molecular formula is C21H30FN2O3P. The fraction of sp³-hybridized carbons (Fsp3) is 0.476. The second-order valence-electron chi connectivity index (χ2n) is 6.81. The minimum Gasteiger partial charge on any atom is -0.326 e. The van der Waals surface area contributed by atoms with E-state index in [1.165, 1.54) is 11.6 Å². The second-order valence-corrected chi connectivity index (χ2v) is 7.63. The summed E-state index contributed by atoms with van der Waals surface area (Å²) in [4.78, 5) is 12.9. The van der Waals surface area contributed by atoms with Gasteiger partial charge in [-0.15, -0.1) is 0 Å². The summed E-state index contributed by atoms with van der Waals surface area (Å²) in [7, 11) is -2.85. The number of nitrogens with zero attached hydrogens (tertiary/aromatic N) is 1. The van der Waals surface area contributed by atoms with E-state index in [-0.39, 0.29) is 12.4 Å². The first-order valence-corrected chi connectivity index (χ1v) is 11.1. The van der Waals surface area contributed by atoms with Crippen LogP contribution in [-0.4, -0.2) is 23.0 Å². The van der Waals surface area contributed by atoms with Gasteiger partial charge in [0.05, 0.1) is 12.3 Å². The van der Waals surface area contributed by atoms with E-state index in [0.29, 0.717) is 30.8 Å². The van der Waals surface area contributed by atoms with Gasteiger partial charge < -0.3 is 14.7 Å². The number of hydrogen-bond donors (Lipinski definition) is 2. The van der Waals surface area contributed by atoms with Crippen molar-refractivity contribution in [1.29, 1.82) is 0 Å². The molecule has 1 unspecified atom stereocenters. The number of aromatic nitrogens is 1. The van der Waals surface area contributed by atoms with Crippen LogP contribution in [0.15, 0.2) is 42.6 Å². The zero-order valence-electron chi connectivity index (χ0n) is 16.2. The van der Waals surface area contributed by atoms with Crippen molar-refractivity contribution in [1.82, 2.24) is 10.3 Å². The van der Waals surface area contributed by atoms with E-state index in [1.54, 1.807) is 6.20 Å². The molecule has 0 bridgehead atoms. The van der Waals surface area contributed by atoms with Gasteiger partial charge in [-0.25, -0.2) is 4.39 Å². The average molecular weight is 408 g/mol. The average Bonchev–Trinajstić information content (AvgIpc) is 2.69. The van der Waals surface area contributed by atoms with Crippen molar-refractivity contribution in [3.8, 4) is 0 Å². The third kappa shape index (κ3) is 9.56. The Morgan fingerprint density at radius 2 is 1.82 bits per heavy atom. The number of rotatable bonds is 14. The predicted molar refractivity (Wildman–Crippen MR) is 110 cm³/mol. The van der Waals surface area contributed by atoms with Gasteiger partial charge in [0.25, 0.3) is 0 Å². The molecule has 0 aliphatic carbocycles. The summed E-state index contributed by atoms with van der Waals surface area (Å²) in [5, 5.41) is 3.12. The Balaban J connectivity index is 1.58. The van der Waals surface area contributed by atoms with Crippen LogP contribution in [0.5, 0.6) is 0 Å². The first kappa shape index (κ1) is 22.7. The van der Waals surface area contributed by atoms with Crippen molar-refractivity contribution in [3.63, 3.8) is 0 Å². The molecule has 0 amide bonds. The van der Waals surface area contributed by atoms with Crippen molar-refractivity contribution in [2.24, 2.45) is 0 Å². The fourth-order valence-electron chi connectivity index (χ4n) is 3.00. The van der Waals surface area contributed by atoms with E-state index in [2.05, 4.69) is 39.1 Å². The molecule has 5 nitrogen and oxygen atoms in total. The second kappa shape index (κ2) is 13.6. The number of aryl methyl sites for hydroxylation is 2. The third-order valence-electron chi connectivity index (χ3n) is 4.52. The van der Waals surface area contributed by atoms with Crippen LogP contribution < -0.4 is 5.32 Å². The van der Waals surface area contributed by atoms with Crippen molar-refractivity contribution in [2.45, 2.75) is 51.5 Å². The van der Waals surface area contributed by atoms with Gasteiger partial charge >= 0.3 is 8.25 Å². The molecule has 2 aromatic rings. The molecule has 1 atom stereocenters. The molecule has 0 saturated carbocycles. The fourth-order valence-corrected chi connectivity index (χ4v) is 3.31. The highest BCUT2D eigenvalue weighted by Gasteiger charge is 2.05. The molecule has 1 aromatic carbocycles. The molecular weight excluding hydrogens is 378 g/mol. The lowest BCUT2D eigenvalue weighted by Crippen LogP contribution is -2.17. The van der Waals surface area contributed by atoms with Crippen LogP contribution in [0.4, 0.5) is 4.39 Å². The lowest BCUT2D eigenvalue weighted by atomic mass is 10.0. The zero-order chi connectivity index (χ0) is 20.0. The third-order valence-corrected chi connectivity index (χ3v) is 4.97. The summed E-state index contributed by atoms with van der Waals surface area (Å²) in [6, 6.07) is 12.0. The Bertz CT molecular complexity index is 716. The van der Waals surface area contributed by atoms with E-state index < -0.39 is 8.25 Å². The molecule has 28 heavy (non-hydrogen) atoms. The number of hydrogen-bond acceptors (Lipinski definition) is 4. The Labute approximate surface area is 167 Å². The van der Waals surface area contributed by atoms with Crippen LogP contribution in [0.1, 0.15) is 48.9 Å². The molecule has 0 spiro atoms. The number of halogens is 1. The van der Waals surface area contributed by atoms with Crippen LogP contribution in [-0.2, 0) is 28.5 Å². The van der Waals surface area contributed by atoms with Crippen LogP contribution in [0.2, 0.25) is 0 Å². The largest absolute Gasteiger partial charge is 0.326 e. The summed E-state index contributed by atoms with van der Waals surface area (Å²) in [6.07, 6.45) is 8.45. The van der Waals surface area contributed by atoms with Crippen LogP contribution in [0, 0.1) is 5.82 Å². The Kier molecular flexibility index (Phi) is 11.0. The van der Waals surface area contributed by atoms with Gasteiger partial charge in [0.15, 0.2) is 0 Å². The standard InChI is InChI=1S/C21H30FN2O3P/c22-21-15-20(17-23-13-8-14-27-28(25)26)24-16-19(21)12-7-2-1-4-9-18-10-5-3-6-11-18/h3,5-6,10-11,15-16,23,28H,1-2,4,7-9,12-14,17H2,(H,25,26). The van der Waals surface area contributed by atoms with Crippen LogP contribution >= 0.6 is 8.25 Å². The van der Waals surface area contributed by atoms with Gasteiger partial charge in [0.2, 0.25) is 0 Å². The van der Waals surface area contributed by atoms with E-state index in [0.717, 1.165) is 38.5 Å². The van der Waals surface area contributed by atoms with Gasteiger partial charge in [-0.1, -0.05) is 43.2 Å². The van der Waals surface area contributed by atoms with Gasteiger partial charge in [-0.2, -0.15) is 0 Å². The molecule has 2 N–H and O–H groups in total. The molecule has 0 saturated heterocycles. The van der Waals surface area contributed by atoms with Gasteiger partial charge in [0, 0.05) is 18.3 Å². The highest BCUT2D eigenvalue weighted by molar-refractivity contribution is 7.32. The van der Waals surface area contributed by atoms with E-state index in [9.17, 15) is 8.96 Å². The Hall–Kier alpha value is -1.59. The first-order chi connectivity index (χ1) is 13.6. The SMILES string of the molecule is O=[PH](O)OCCCNCc1cc(F)c(CCCCCCc2ccccc2)cn1. The smallest absolute Gasteiger partial charge is 0.316 e. The minimum atomic E-state index is -2.85. The summed E-state index contributed by atoms with van der Waals surface area (Å²) in [5.74, 6) is -0.196. The number of unbranched alkanes of at least 4 members (excludes halogenated alkanes) is 3. The molecule has 2 rings (SSSR count). The predicted octanol–water partition coefficient (Wildman–Crippen LogP) is 4.44. The normalized spacial score (nSPS) is 12.2. The lowest BCUT2D eigenvalue weighted by molar-refractivity contribution is 0.276. The van der Waals surface area contributed by atoms with Gasteiger partial charge in [0.1, 0.15) is 5.82 Å². The number of pyridine rings is 1. The number of nitrogens with one attached hydrogen (secondary N) is 1. The maximum atomic E-state index is 14.2. The maximum absolute atomic E-state index is 14.2. The lowest BCUT2D eigenvalue weighted by Gasteiger charge is -2.07. The Morgan fingerprint density at radius 3 is 2.54 bits per heavy atom. The summed E-state index contributed by atoms with van der Waals surface area (Å²) < 4.78 is 29.2. The molecule has 0 aliphatic heterocycles. The van der Waals surface area contributed by atoms with Crippen molar-refractivity contribution in [2.75, 3.05) is 13.2 Å². The number of benzene rings is 1. The summed E-state index contributed by atoms with van der Waals surface area (Å²) in [5.41, 5.74) is 2.70. The van der Waals surface area contributed by atoms with Crippen LogP contribution in [0.3, 0.4) is 0 Å². The van der Waals surface area contributed by atoms with Crippen molar-refractivity contribution in [3.05, 3.63) is 65.2 Å². The highest BCUT2D eigenvalue weighted by Crippen LogP contribution is 2.15. The van der Waals surface area contributed by atoms with Crippen molar-refractivity contribution >= 4 is 8.25 Å².